The number of hydrogen-bond acceptors (Lipinski definition) is 3. The zero-order valence-electron chi connectivity index (χ0n) is 13.2. The Morgan fingerprint density at radius 2 is 1.86 bits per heavy atom. The lowest BCUT2D eigenvalue weighted by molar-refractivity contribution is 0.516. The number of halogens is 1. The Hall–Kier alpha value is -0.390. The Balaban J connectivity index is 1.87. The van der Waals surface area contributed by atoms with Crippen LogP contribution < -0.4 is 5.32 Å². The van der Waals surface area contributed by atoms with Gasteiger partial charge in [-0.2, -0.15) is 0 Å². The first-order valence-electron chi connectivity index (χ1n) is 8.54. The fraction of sp³-hybridized carbons (Fsp3) is 0.765. The van der Waals surface area contributed by atoms with Crippen LogP contribution in [0.2, 0.25) is 0 Å². The van der Waals surface area contributed by atoms with Gasteiger partial charge in [0.05, 0.1) is 9.26 Å². The van der Waals surface area contributed by atoms with Crippen LogP contribution in [-0.4, -0.2) is 16.5 Å². The number of nitrogens with one attached hydrogen (secondary N) is 1. The Kier molecular flexibility index (Phi) is 5.02. The molecule has 2 fully saturated rings. The molecule has 1 N–H and O–H groups in total. The molecule has 2 aliphatic carbocycles. The molecule has 0 spiro atoms. The molecule has 4 heteroatoms. The SMILES string of the molecule is CCCNc1nc(C2CCC(CC)C2)nc(C2CC2)c1I. The number of rotatable bonds is 6. The molecule has 21 heavy (non-hydrogen) atoms. The first kappa shape index (κ1) is 15.5. The van der Waals surface area contributed by atoms with Gasteiger partial charge in [-0.15, -0.1) is 0 Å². The van der Waals surface area contributed by atoms with Gasteiger partial charge in [-0.1, -0.05) is 20.3 Å². The third kappa shape index (κ3) is 3.51. The average Bonchev–Trinajstić information content (AvgIpc) is 3.23. The van der Waals surface area contributed by atoms with Crippen LogP contribution in [0, 0.1) is 9.49 Å². The van der Waals surface area contributed by atoms with Crippen molar-refractivity contribution < 1.29 is 0 Å². The van der Waals surface area contributed by atoms with Crippen molar-refractivity contribution in [2.75, 3.05) is 11.9 Å². The molecule has 0 radical (unpaired) electrons. The molecule has 0 aromatic carbocycles. The molecule has 2 aliphatic rings. The normalized spacial score (nSPS) is 25.3. The van der Waals surface area contributed by atoms with Crippen molar-refractivity contribution in [3.8, 4) is 0 Å². The fourth-order valence-corrected chi connectivity index (χ4v) is 4.21. The summed E-state index contributed by atoms with van der Waals surface area (Å²) in [4.78, 5) is 9.90. The Morgan fingerprint density at radius 3 is 2.48 bits per heavy atom. The molecule has 3 nitrogen and oxygen atoms in total. The monoisotopic (exact) mass is 399 g/mol. The molecule has 116 valence electrons. The third-order valence-electron chi connectivity index (χ3n) is 4.88. The molecule has 2 saturated carbocycles. The minimum Gasteiger partial charge on any atom is -0.369 e. The summed E-state index contributed by atoms with van der Waals surface area (Å²) in [6.07, 6.45) is 8.97. The van der Waals surface area contributed by atoms with Gasteiger partial charge in [0.1, 0.15) is 11.6 Å². The van der Waals surface area contributed by atoms with Crippen LogP contribution in [0.25, 0.3) is 0 Å². The number of aromatic nitrogens is 2. The van der Waals surface area contributed by atoms with Crippen LogP contribution in [0.3, 0.4) is 0 Å². The molecule has 2 atom stereocenters. The van der Waals surface area contributed by atoms with E-state index in [1.807, 2.05) is 0 Å². The van der Waals surface area contributed by atoms with Gasteiger partial charge < -0.3 is 5.32 Å². The minimum absolute atomic E-state index is 0.589. The van der Waals surface area contributed by atoms with E-state index < -0.39 is 0 Å². The second kappa shape index (κ2) is 6.80. The standard InChI is InChI=1S/C17H26IN3/c1-3-9-19-17-14(18)15(12-7-8-12)20-16(21-17)13-6-5-11(4-2)10-13/h11-13H,3-10H2,1-2H3,(H,19,20,21). The highest BCUT2D eigenvalue weighted by molar-refractivity contribution is 14.1. The summed E-state index contributed by atoms with van der Waals surface area (Å²) >= 11 is 2.44. The van der Waals surface area contributed by atoms with Crippen molar-refractivity contribution in [2.45, 2.75) is 70.6 Å². The average molecular weight is 399 g/mol. The molecule has 1 aromatic rings. The van der Waals surface area contributed by atoms with Gasteiger partial charge in [-0.25, -0.2) is 9.97 Å². The van der Waals surface area contributed by atoms with Gasteiger partial charge in [-0.3, -0.25) is 0 Å². The van der Waals surface area contributed by atoms with E-state index in [2.05, 4.69) is 41.8 Å². The van der Waals surface area contributed by atoms with E-state index >= 15 is 0 Å². The van der Waals surface area contributed by atoms with Gasteiger partial charge in [0.2, 0.25) is 0 Å². The second-order valence-electron chi connectivity index (χ2n) is 6.61. The molecular weight excluding hydrogens is 373 g/mol. The Bertz CT molecular complexity index is 499. The topological polar surface area (TPSA) is 37.8 Å². The maximum Gasteiger partial charge on any atom is 0.143 e. The van der Waals surface area contributed by atoms with Crippen LogP contribution in [0.5, 0.6) is 0 Å². The van der Waals surface area contributed by atoms with Crippen molar-refractivity contribution in [1.29, 1.82) is 0 Å². The van der Waals surface area contributed by atoms with E-state index in [0.717, 1.165) is 30.5 Å². The number of nitrogens with zero attached hydrogens (tertiary/aromatic N) is 2. The van der Waals surface area contributed by atoms with Crippen LogP contribution in [-0.2, 0) is 0 Å². The summed E-state index contributed by atoms with van der Waals surface area (Å²) in [6.45, 7) is 5.51. The summed E-state index contributed by atoms with van der Waals surface area (Å²) in [5, 5.41) is 3.52. The van der Waals surface area contributed by atoms with Crippen molar-refractivity contribution in [3.63, 3.8) is 0 Å². The van der Waals surface area contributed by atoms with Gasteiger partial charge in [-0.05, 0) is 67.0 Å². The number of hydrogen-bond donors (Lipinski definition) is 1. The predicted molar refractivity (Wildman–Crippen MR) is 95.9 cm³/mol. The molecule has 0 saturated heterocycles. The van der Waals surface area contributed by atoms with Crippen LogP contribution in [0.4, 0.5) is 5.82 Å². The second-order valence-corrected chi connectivity index (χ2v) is 7.69. The smallest absolute Gasteiger partial charge is 0.143 e. The molecule has 0 bridgehead atoms. The lowest BCUT2D eigenvalue weighted by Gasteiger charge is -2.16. The molecule has 1 heterocycles. The number of anilines is 1. The first-order chi connectivity index (χ1) is 10.2. The highest BCUT2D eigenvalue weighted by atomic mass is 127. The highest BCUT2D eigenvalue weighted by Gasteiger charge is 2.32. The van der Waals surface area contributed by atoms with E-state index in [4.69, 9.17) is 9.97 Å². The largest absolute Gasteiger partial charge is 0.369 e. The zero-order chi connectivity index (χ0) is 14.8. The summed E-state index contributed by atoms with van der Waals surface area (Å²) in [7, 11) is 0. The highest BCUT2D eigenvalue weighted by Crippen LogP contribution is 2.44. The summed E-state index contributed by atoms with van der Waals surface area (Å²) in [5.74, 6) is 4.38. The molecule has 3 rings (SSSR count). The lowest BCUT2D eigenvalue weighted by Crippen LogP contribution is -2.12. The van der Waals surface area contributed by atoms with E-state index in [9.17, 15) is 0 Å². The van der Waals surface area contributed by atoms with Gasteiger partial charge in [0.15, 0.2) is 0 Å². The van der Waals surface area contributed by atoms with Crippen LogP contribution in [0.15, 0.2) is 0 Å². The van der Waals surface area contributed by atoms with Crippen molar-refractivity contribution >= 4 is 28.4 Å². The van der Waals surface area contributed by atoms with Gasteiger partial charge in [0, 0.05) is 18.4 Å². The minimum atomic E-state index is 0.589. The Labute approximate surface area is 141 Å². The van der Waals surface area contributed by atoms with E-state index in [-0.39, 0.29) is 0 Å². The first-order valence-corrected chi connectivity index (χ1v) is 9.62. The predicted octanol–water partition coefficient (Wildman–Crippen LogP) is 5.07. The van der Waals surface area contributed by atoms with Crippen LogP contribution in [0.1, 0.15) is 82.1 Å². The van der Waals surface area contributed by atoms with E-state index in [1.54, 1.807) is 0 Å². The van der Waals surface area contributed by atoms with Gasteiger partial charge in [0.25, 0.3) is 0 Å². The van der Waals surface area contributed by atoms with Crippen LogP contribution >= 0.6 is 22.6 Å². The molecule has 1 aromatic heterocycles. The molecular formula is C17H26IN3. The van der Waals surface area contributed by atoms with Crippen molar-refractivity contribution in [2.24, 2.45) is 5.92 Å². The Morgan fingerprint density at radius 1 is 1.10 bits per heavy atom. The van der Waals surface area contributed by atoms with Gasteiger partial charge >= 0.3 is 0 Å². The third-order valence-corrected chi connectivity index (χ3v) is 5.95. The lowest BCUT2D eigenvalue weighted by atomic mass is 10.0. The maximum absolute atomic E-state index is 5.00. The fourth-order valence-electron chi connectivity index (χ4n) is 3.33. The van der Waals surface area contributed by atoms with Crippen molar-refractivity contribution in [1.82, 2.24) is 9.97 Å². The molecule has 2 unspecified atom stereocenters. The maximum atomic E-state index is 5.00. The summed E-state index contributed by atoms with van der Waals surface area (Å²) in [6, 6.07) is 0. The quantitative estimate of drug-likeness (QED) is 0.679. The van der Waals surface area contributed by atoms with Crippen molar-refractivity contribution in [3.05, 3.63) is 15.1 Å². The molecule has 0 amide bonds. The zero-order valence-corrected chi connectivity index (χ0v) is 15.3. The summed E-state index contributed by atoms with van der Waals surface area (Å²) in [5.41, 5.74) is 1.32. The van der Waals surface area contributed by atoms with E-state index in [0.29, 0.717) is 11.8 Å². The van der Waals surface area contributed by atoms with E-state index in [1.165, 1.54) is 47.8 Å². The summed E-state index contributed by atoms with van der Waals surface area (Å²) < 4.78 is 1.26. The molecule has 0 aliphatic heterocycles.